The Bertz CT molecular complexity index is 350. The van der Waals surface area contributed by atoms with Crippen molar-refractivity contribution >= 4 is 11.9 Å². The first-order chi connectivity index (χ1) is 10.5. The van der Waals surface area contributed by atoms with E-state index in [0.717, 1.165) is 18.8 Å². The minimum atomic E-state index is -0.266. The van der Waals surface area contributed by atoms with Crippen molar-refractivity contribution in [2.24, 2.45) is 11.8 Å². The molecule has 0 aliphatic heterocycles. The average molecular weight is 311 g/mol. The lowest BCUT2D eigenvalue weighted by Crippen LogP contribution is -2.42. The fourth-order valence-electron chi connectivity index (χ4n) is 3.27. The highest BCUT2D eigenvalue weighted by Crippen LogP contribution is 2.27. The predicted octanol–water partition coefficient (Wildman–Crippen LogP) is 3.78. The number of rotatable bonds is 8. The summed E-state index contributed by atoms with van der Waals surface area (Å²) in [7, 11) is 1.40. The maximum Gasteiger partial charge on any atom is 0.310 e. The van der Waals surface area contributed by atoms with Crippen molar-refractivity contribution in [3.63, 3.8) is 0 Å². The van der Waals surface area contributed by atoms with Crippen LogP contribution in [0.15, 0.2) is 0 Å². The van der Waals surface area contributed by atoms with Crippen LogP contribution in [0.3, 0.4) is 0 Å². The molecule has 4 heteroatoms. The molecule has 128 valence electrons. The summed E-state index contributed by atoms with van der Waals surface area (Å²) in [5.74, 6) is 0.399. The van der Waals surface area contributed by atoms with Gasteiger partial charge in [-0.2, -0.15) is 0 Å². The number of carbonyl (C=O) groups excluding carboxylic acids is 2. The quantitative estimate of drug-likeness (QED) is 0.641. The Hall–Kier alpha value is -1.06. The molecule has 1 rings (SSSR count). The van der Waals surface area contributed by atoms with E-state index in [1.54, 1.807) is 0 Å². The molecule has 1 saturated carbocycles. The van der Waals surface area contributed by atoms with Crippen molar-refractivity contribution in [1.29, 1.82) is 0 Å². The Morgan fingerprint density at radius 3 is 2.36 bits per heavy atom. The third-order valence-electron chi connectivity index (χ3n) is 5.01. The van der Waals surface area contributed by atoms with Crippen LogP contribution in [0.5, 0.6) is 0 Å². The fraction of sp³-hybridized carbons (Fsp3) is 0.889. The summed E-state index contributed by atoms with van der Waals surface area (Å²) in [4.78, 5) is 26.1. The topological polar surface area (TPSA) is 46.6 Å². The molecule has 0 spiro atoms. The molecule has 0 aromatic rings. The van der Waals surface area contributed by atoms with Gasteiger partial charge in [-0.15, -0.1) is 0 Å². The summed E-state index contributed by atoms with van der Waals surface area (Å²) < 4.78 is 4.78. The number of amides is 1. The van der Waals surface area contributed by atoms with Crippen molar-refractivity contribution < 1.29 is 14.3 Å². The zero-order valence-corrected chi connectivity index (χ0v) is 14.8. The number of methoxy groups -OCH3 is 1. The predicted molar refractivity (Wildman–Crippen MR) is 88.5 cm³/mol. The molecule has 1 amide bonds. The number of hydrogen-bond acceptors (Lipinski definition) is 3. The van der Waals surface area contributed by atoms with Crippen molar-refractivity contribution in [3.05, 3.63) is 0 Å². The molecule has 2 unspecified atom stereocenters. The molecule has 1 aliphatic carbocycles. The van der Waals surface area contributed by atoms with Gasteiger partial charge in [0.1, 0.15) is 0 Å². The van der Waals surface area contributed by atoms with Crippen LogP contribution in [0, 0.1) is 11.8 Å². The molecule has 0 heterocycles. The lowest BCUT2D eigenvalue weighted by molar-refractivity contribution is -0.147. The highest BCUT2D eigenvalue weighted by molar-refractivity contribution is 5.78. The van der Waals surface area contributed by atoms with Gasteiger partial charge in [-0.1, -0.05) is 46.0 Å². The van der Waals surface area contributed by atoms with Gasteiger partial charge in [-0.05, 0) is 25.7 Å². The molecular weight excluding hydrogens is 278 g/mol. The minimum absolute atomic E-state index is 0.172. The monoisotopic (exact) mass is 311 g/mol. The summed E-state index contributed by atoms with van der Waals surface area (Å²) in [6, 6.07) is 0.172. The van der Waals surface area contributed by atoms with Crippen LogP contribution < -0.4 is 0 Å². The molecule has 0 aromatic heterocycles. The van der Waals surface area contributed by atoms with E-state index in [1.807, 2.05) is 11.8 Å². The Kier molecular flexibility index (Phi) is 8.51. The Labute approximate surface area is 135 Å². The van der Waals surface area contributed by atoms with E-state index >= 15 is 0 Å². The lowest BCUT2D eigenvalue weighted by Gasteiger charge is -2.31. The molecule has 4 nitrogen and oxygen atoms in total. The summed E-state index contributed by atoms with van der Waals surface area (Å²) in [6.07, 6.45) is 9.04. The number of nitrogens with zero attached hydrogens (tertiary/aromatic N) is 1. The second-order valence-electron chi connectivity index (χ2n) is 6.77. The van der Waals surface area contributed by atoms with Crippen molar-refractivity contribution in [2.75, 3.05) is 13.7 Å². The molecule has 0 aromatic carbocycles. The number of esters is 1. The number of carbonyl (C=O) groups is 2. The third kappa shape index (κ3) is 5.98. The fourth-order valence-corrected chi connectivity index (χ4v) is 3.27. The van der Waals surface area contributed by atoms with Gasteiger partial charge in [0.2, 0.25) is 5.91 Å². The first-order valence-corrected chi connectivity index (χ1v) is 8.86. The van der Waals surface area contributed by atoms with Gasteiger partial charge in [0.15, 0.2) is 0 Å². The van der Waals surface area contributed by atoms with Crippen LogP contribution >= 0.6 is 0 Å². The minimum Gasteiger partial charge on any atom is -0.469 e. The first kappa shape index (κ1) is 19.0. The summed E-state index contributed by atoms with van der Waals surface area (Å²) in [5.41, 5.74) is 0. The van der Waals surface area contributed by atoms with Gasteiger partial charge < -0.3 is 9.64 Å². The number of ether oxygens (including phenoxy) is 1. The smallest absolute Gasteiger partial charge is 0.310 e. The van der Waals surface area contributed by atoms with Crippen LogP contribution in [0.2, 0.25) is 0 Å². The van der Waals surface area contributed by atoms with Gasteiger partial charge in [-0.3, -0.25) is 9.59 Å². The maximum absolute atomic E-state index is 12.6. The SMILES string of the molecule is CCC(C)N(CC(C)C(=O)OC)C(=O)CCC1CCCCC1. The van der Waals surface area contributed by atoms with Crippen LogP contribution in [0.1, 0.15) is 72.1 Å². The normalized spacial score (nSPS) is 18.5. The van der Waals surface area contributed by atoms with Gasteiger partial charge in [-0.25, -0.2) is 0 Å². The van der Waals surface area contributed by atoms with Crippen LogP contribution in [-0.4, -0.2) is 36.5 Å². The van der Waals surface area contributed by atoms with E-state index in [-0.39, 0.29) is 23.8 Å². The Balaban J connectivity index is 2.53. The van der Waals surface area contributed by atoms with E-state index < -0.39 is 0 Å². The van der Waals surface area contributed by atoms with E-state index in [2.05, 4.69) is 13.8 Å². The average Bonchev–Trinajstić information content (AvgIpc) is 2.56. The van der Waals surface area contributed by atoms with Crippen LogP contribution in [-0.2, 0) is 14.3 Å². The summed E-state index contributed by atoms with van der Waals surface area (Å²) >= 11 is 0. The summed E-state index contributed by atoms with van der Waals surface area (Å²) in [6.45, 7) is 6.43. The molecule has 0 N–H and O–H groups in total. The molecule has 0 radical (unpaired) electrons. The highest BCUT2D eigenvalue weighted by Gasteiger charge is 2.25. The van der Waals surface area contributed by atoms with E-state index in [1.165, 1.54) is 39.2 Å². The van der Waals surface area contributed by atoms with E-state index in [9.17, 15) is 9.59 Å². The van der Waals surface area contributed by atoms with Gasteiger partial charge in [0.25, 0.3) is 0 Å². The third-order valence-corrected chi connectivity index (χ3v) is 5.01. The lowest BCUT2D eigenvalue weighted by atomic mass is 9.86. The second-order valence-corrected chi connectivity index (χ2v) is 6.77. The van der Waals surface area contributed by atoms with Gasteiger partial charge >= 0.3 is 5.97 Å². The highest BCUT2D eigenvalue weighted by atomic mass is 16.5. The largest absolute Gasteiger partial charge is 0.469 e. The van der Waals surface area contributed by atoms with E-state index in [0.29, 0.717) is 13.0 Å². The summed E-state index contributed by atoms with van der Waals surface area (Å²) in [5, 5.41) is 0. The molecule has 1 aliphatic rings. The molecule has 0 bridgehead atoms. The standard InChI is InChI=1S/C18H33NO3/c1-5-15(3)19(13-14(2)18(21)22-4)17(20)12-11-16-9-7-6-8-10-16/h14-16H,5-13H2,1-4H3. The van der Waals surface area contributed by atoms with Crippen LogP contribution in [0.4, 0.5) is 0 Å². The van der Waals surface area contributed by atoms with Crippen molar-refractivity contribution in [2.45, 2.75) is 78.2 Å². The molecule has 0 saturated heterocycles. The zero-order chi connectivity index (χ0) is 16.5. The van der Waals surface area contributed by atoms with Crippen LogP contribution in [0.25, 0.3) is 0 Å². The molecular formula is C18H33NO3. The number of hydrogen-bond donors (Lipinski definition) is 0. The van der Waals surface area contributed by atoms with Gasteiger partial charge in [0.05, 0.1) is 13.0 Å². The second kappa shape index (κ2) is 9.86. The Morgan fingerprint density at radius 1 is 1.18 bits per heavy atom. The Morgan fingerprint density at radius 2 is 1.82 bits per heavy atom. The zero-order valence-electron chi connectivity index (χ0n) is 14.8. The van der Waals surface area contributed by atoms with E-state index in [4.69, 9.17) is 4.74 Å². The van der Waals surface area contributed by atoms with Crippen molar-refractivity contribution in [1.82, 2.24) is 4.90 Å². The maximum atomic E-state index is 12.6. The first-order valence-electron chi connectivity index (χ1n) is 8.86. The van der Waals surface area contributed by atoms with Gasteiger partial charge in [0, 0.05) is 19.0 Å². The molecule has 22 heavy (non-hydrogen) atoms. The molecule has 1 fully saturated rings. The van der Waals surface area contributed by atoms with Crippen molar-refractivity contribution in [3.8, 4) is 0 Å². The molecule has 2 atom stereocenters.